The number of anilines is 1. The van der Waals surface area contributed by atoms with Crippen LogP contribution < -0.4 is 67.8 Å². The molecule has 0 unspecified atom stereocenters. The number of carbonyl (C=O) groups is 4. The number of imidazole rings is 5. The fourth-order valence-electron chi connectivity index (χ4n) is 16.5. The van der Waals surface area contributed by atoms with Gasteiger partial charge in [0, 0.05) is 22.4 Å². The lowest BCUT2D eigenvalue weighted by atomic mass is 9.99. The van der Waals surface area contributed by atoms with Gasteiger partial charge < -0.3 is 113 Å². The van der Waals surface area contributed by atoms with Gasteiger partial charge in [0.25, 0.3) is 27.8 Å². The van der Waals surface area contributed by atoms with E-state index < -0.39 is 29.7 Å². The molecular weight excluding hydrogens is 1930 g/mol. The van der Waals surface area contributed by atoms with E-state index in [-0.39, 0.29) is 68.7 Å². The molecule has 1 saturated carbocycles. The number of H-pyrrole nitrogens is 10. The summed E-state index contributed by atoms with van der Waals surface area (Å²) >= 11 is 0. The molecule has 11 heterocycles. The van der Waals surface area contributed by atoms with Gasteiger partial charge in [0.05, 0.1) is 116 Å². The molecule has 0 saturated heterocycles. The number of rotatable bonds is 26. The number of nitrogens with one attached hydrogen (secondary N) is 10. The van der Waals surface area contributed by atoms with Crippen molar-refractivity contribution in [1.82, 2.24) is 99.7 Å². The maximum atomic E-state index is 12.4. The second-order valence-electron chi connectivity index (χ2n) is 33.4. The molecule has 22 rings (SSSR count). The van der Waals surface area contributed by atoms with Crippen molar-refractivity contribution in [3.8, 4) is 147 Å². The Morgan fingerprint density at radius 3 is 1.08 bits per heavy atom. The van der Waals surface area contributed by atoms with E-state index >= 15 is 0 Å². The summed E-state index contributed by atoms with van der Waals surface area (Å²) in [5.74, 6) is 1.28. The van der Waals surface area contributed by atoms with Crippen LogP contribution in [0.15, 0.2) is 275 Å². The Morgan fingerprint density at radius 1 is 0.360 bits per heavy atom. The lowest BCUT2D eigenvalue weighted by Gasteiger charge is -2.17. The zero-order valence-electron chi connectivity index (χ0n) is 80.4. The summed E-state index contributed by atoms with van der Waals surface area (Å²) in [6.07, 6.45) is 11.5. The molecule has 43 heteroatoms. The highest BCUT2D eigenvalue weighted by Gasteiger charge is 2.26. The number of nitrogens with two attached hydrogens (primary N) is 1. The third-order valence-electron chi connectivity index (χ3n) is 23.9. The largest absolute Gasteiger partial charge is 0.519 e. The van der Waals surface area contributed by atoms with Crippen molar-refractivity contribution < 1.29 is 76.5 Å². The highest BCUT2D eigenvalue weighted by molar-refractivity contribution is 5.93. The van der Waals surface area contributed by atoms with Crippen molar-refractivity contribution in [1.29, 1.82) is 0 Å². The Hall–Kier alpha value is -20.6. The second kappa shape index (κ2) is 44.1. The molecule has 21 aromatic rings. The number of methoxy groups -OCH3 is 2. The number of esters is 1. The number of carboxylic acid groups (broad SMARTS) is 3. The summed E-state index contributed by atoms with van der Waals surface area (Å²) in [5, 5.41) is 27.3. The summed E-state index contributed by atoms with van der Waals surface area (Å²) in [6, 6.07) is 59.9. The molecule has 0 amide bonds. The number of aryl methyl sites for hydroxylation is 1. The molecule has 43 nitrogen and oxygen atoms in total. The van der Waals surface area contributed by atoms with Crippen molar-refractivity contribution in [3.63, 3.8) is 0 Å². The number of ether oxygens (including phenoxy) is 7. The first-order valence-corrected chi connectivity index (χ1v) is 46.5. The van der Waals surface area contributed by atoms with E-state index in [9.17, 15) is 47.9 Å². The normalized spacial score (nSPS) is 11.6. The van der Waals surface area contributed by atoms with Gasteiger partial charge in [-0.2, -0.15) is 0 Å². The van der Waals surface area contributed by atoms with Crippen LogP contribution in [0.4, 0.5) is 5.69 Å². The fraction of sp³-hybridized carbons (Fsp3) is 0.140. The van der Waals surface area contributed by atoms with E-state index in [1.807, 2.05) is 106 Å². The van der Waals surface area contributed by atoms with Crippen LogP contribution in [-0.2, 0) is 11.3 Å². The molecule has 11 aromatic heterocycles. The standard InChI is InChI=1S/C25H20N4O7.C23H20N4O4.C20H16N4O5.C20H16N4O4.C19H17N5O2/c1-3-33-18-10-16(8-9-17(18)21-28-22-20(23(30)29-21)26-12-27-22)14-4-6-15(7-5-14)24(31)34-11-19-13(2)35-25(32)36-19;28-22-19-21(25-12-24-19)26-20(27-22)17-10-9-15(11-18(17)31-16-3-1-2-4-16)13-5-7-14(8-6-13)23(29)30;1-28-13-7-12(17-23-18-16(19(25)24-17)21-9-22-18)8-14(29-2)15(13)10-3-5-11(6-4-10)20(26)27;1-2-28-15-9-13(17-23-18-16(19(25)24-17)21-10-22-18)7-8-14(15)11-3-5-12(6-4-11)20(26)27;1-2-26-15-9-12(11-4-3-5-13(20)8-11)6-7-14(15)17-23-18-16(19(25)24-17)21-10-22-18/h4-10,12H,3,11H2,1-2H3,(H2,26,27,28,29,30);5-12,16H,1-4H2,(H,29,30)(H2,24,25,26,27,28);3-9H,1-2H3,(H,26,27)(H2,21,22,23,24,25);3-10H,2H2,1H3,(H,26,27)(H2,21,22,23,24,25);3-10H,2,20H2,1H3,(H2,21,22,23,24,25). The third kappa shape index (κ3) is 22.0. The van der Waals surface area contributed by atoms with Gasteiger partial charge in [-0.25, -0.2) is 73.8 Å². The number of nitrogen functional groups attached to an aromatic ring is 1. The minimum absolute atomic E-state index is 0.115. The first-order chi connectivity index (χ1) is 72.7. The van der Waals surface area contributed by atoms with Crippen molar-refractivity contribution in [2.24, 2.45) is 0 Å². The molecule has 0 aliphatic heterocycles. The van der Waals surface area contributed by atoms with E-state index in [1.54, 1.807) is 116 Å². The number of hydrogen-bond donors (Lipinski definition) is 14. The number of aromatic nitrogens is 20. The van der Waals surface area contributed by atoms with Crippen molar-refractivity contribution in [3.05, 3.63) is 334 Å². The van der Waals surface area contributed by atoms with E-state index in [4.69, 9.17) is 63.0 Å². The van der Waals surface area contributed by atoms with Crippen LogP contribution in [0.2, 0.25) is 0 Å². The molecule has 0 spiro atoms. The Labute approximate surface area is 844 Å². The molecule has 150 heavy (non-hydrogen) atoms. The summed E-state index contributed by atoms with van der Waals surface area (Å²) < 4.78 is 49.6. The van der Waals surface area contributed by atoms with Gasteiger partial charge in [0.2, 0.25) is 0 Å². The number of fused-ring (bicyclic) bond motifs is 5. The highest BCUT2D eigenvalue weighted by atomic mass is 16.6. The van der Waals surface area contributed by atoms with Gasteiger partial charge in [-0.3, -0.25) is 24.0 Å². The summed E-state index contributed by atoms with van der Waals surface area (Å²) in [4.78, 5) is 188. The summed E-state index contributed by atoms with van der Waals surface area (Å²) in [7, 11) is 3.03. The predicted molar refractivity (Wildman–Crippen MR) is 553 cm³/mol. The molecule has 1 aliphatic rings. The summed E-state index contributed by atoms with van der Waals surface area (Å²) in [5.41, 5.74) is 20.9. The van der Waals surface area contributed by atoms with Crippen LogP contribution >= 0.6 is 0 Å². The van der Waals surface area contributed by atoms with Crippen LogP contribution in [0.5, 0.6) is 34.5 Å². The lowest BCUT2D eigenvalue weighted by Crippen LogP contribution is -2.13. The summed E-state index contributed by atoms with van der Waals surface area (Å²) in [6.45, 7) is 8.33. The first kappa shape index (κ1) is 99.6. The molecule has 1 fully saturated rings. The van der Waals surface area contributed by atoms with Gasteiger partial charge in [-0.15, -0.1) is 0 Å². The fourth-order valence-corrected chi connectivity index (χ4v) is 16.5. The Bertz CT molecular complexity index is 9010. The van der Waals surface area contributed by atoms with Crippen LogP contribution in [0.1, 0.15) is 99.4 Å². The van der Waals surface area contributed by atoms with Gasteiger partial charge in [-0.05, 0) is 219 Å². The van der Waals surface area contributed by atoms with Crippen LogP contribution in [0.3, 0.4) is 0 Å². The number of hydrogen-bond acceptors (Lipinski definition) is 30. The van der Waals surface area contributed by atoms with Gasteiger partial charge in [0.1, 0.15) is 63.6 Å². The van der Waals surface area contributed by atoms with E-state index in [0.717, 1.165) is 75.8 Å². The van der Waals surface area contributed by atoms with E-state index in [1.165, 1.54) is 58.0 Å². The Kier molecular flexibility index (Phi) is 29.3. The Morgan fingerprint density at radius 2 is 0.687 bits per heavy atom. The number of aromatic amines is 10. The molecule has 10 aromatic carbocycles. The number of aromatic carboxylic acids is 3. The zero-order valence-corrected chi connectivity index (χ0v) is 80.4. The SMILES string of the molecule is CCOc1cc(-c2ccc(C(=O)OCc3oc(=O)oc3C)cc2)ccc1-c1nc2nc[nH]c2c(=O)[nH]1.CCOc1cc(-c2cccc(N)c2)ccc1-c1nc2nc[nH]c2c(=O)[nH]1.CCOc1cc(-c2nc3nc[nH]c3c(=O)[nH]2)ccc1-c1ccc(C(=O)O)cc1.COc1cc(-c2nc3nc[nH]c3c(=O)[nH]2)cc(OC)c1-c1ccc(C(=O)O)cc1.O=C(O)c1ccc(-c2ccc(-c3nc4nc[nH]c4c(=O)[nH]3)c(OC3CCCC3)c2)cc1. The van der Waals surface area contributed by atoms with Crippen LogP contribution in [0, 0.1) is 6.92 Å². The number of carboxylic acids is 3. The zero-order chi connectivity index (χ0) is 105. The number of carbonyl (C=O) groups excluding carboxylic acids is 1. The average Bonchev–Trinajstić information content (AvgIpc) is 1.74. The lowest BCUT2D eigenvalue weighted by molar-refractivity contribution is 0.0442. The first-order valence-electron chi connectivity index (χ1n) is 46.5. The third-order valence-corrected chi connectivity index (χ3v) is 23.9. The Balaban J connectivity index is 0.000000123. The van der Waals surface area contributed by atoms with Crippen LogP contribution in [0.25, 0.3) is 168 Å². The van der Waals surface area contributed by atoms with Gasteiger partial charge in [0.15, 0.2) is 73.9 Å². The van der Waals surface area contributed by atoms with Crippen LogP contribution in [-0.4, -0.2) is 179 Å². The molecule has 1 aliphatic carbocycles. The van der Waals surface area contributed by atoms with Crippen molar-refractivity contribution in [2.75, 3.05) is 39.8 Å². The maximum Gasteiger partial charge on any atom is 0.519 e. The second-order valence-corrected chi connectivity index (χ2v) is 33.4. The molecular formula is C107H89N21O22. The van der Waals surface area contributed by atoms with E-state index in [2.05, 4.69) is 99.7 Å². The smallest absolute Gasteiger partial charge is 0.496 e. The quantitative estimate of drug-likeness (QED) is 0.0177. The van der Waals surface area contributed by atoms with Gasteiger partial charge >= 0.3 is 29.7 Å². The molecule has 754 valence electrons. The number of nitrogens with zero attached hydrogens (tertiary/aromatic N) is 10. The molecule has 0 radical (unpaired) electrons. The molecule has 0 bridgehead atoms. The minimum atomic E-state index is -1.00. The monoisotopic (exact) mass is 2020 g/mol. The maximum absolute atomic E-state index is 12.4. The van der Waals surface area contributed by atoms with Gasteiger partial charge in [-0.1, -0.05) is 84.9 Å². The molecule has 0 atom stereocenters. The van der Waals surface area contributed by atoms with E-state index in [0.29, 0.717) is 184 Å². The average molecular weight is 2020 g/mol. The molecule has 15 N–H and O–H groups in total. The minimum Gasteiger partial charge on any atom is -0.496 e. The highest BCUT2D eigenvalue weighted by Crippen LogP contribution is 2.44. The predicted octanol–water partition coefficient (Wildman–Crippen LogP) is 16.3. The van der Waals surface area contributed by atoms with Crippen molar-refractivity contribution in [2.45, 2.75) is 66.1 Å². The van der Waals surface area contributed by atoms with Crippen molar-refractivity contribution >= 4 is 85.4 Å². The number of benzene rings is 10. The topological polar surface area (TPSA) is 635 Å².